The maximum absolute atomic E-state index is 12.1. The van der Waals surface area contributed by atoms with Crippen LogP contribution in [0.3, 0.4) is 0 Å². The molecule has 2 saturated heterocycles. The van der Waals surface area contributed by atoms with E-state index >= 15 is 0 Å². The second-order valence-corrected chi connectivity index (χ2v) is 12.5. The molecule has 2 heterocycles. The molecule has 0 aliphatic carbocycles. The molecule has 4 rings (SSSR count). The number of nitrogens with one attached hydrogen (secondary N) is 2. The van der Waals surface area contributed by atoms with Gasteiger partial charge in [0.05, 0.1) is 0 Å². The summed E-state index contributed by atoms with van der Waals surface area (Å²) in [5, 5.41) is 6.03. The van der Waals surface area contributed by atoms with E-state index < -0.39 is 0 Å². The van der Waals surface area contributed by atoms with Crippen molar-refractivity contribution >= 4 is 11.8 Å². The summed E-state index contributed by atoms with van der Waals surface area (Å²) >= 11 is 0. The largest absolute Gasteiger partial charge is 0.352 e. The summed E-state index contributed by atoms with van der Waals surface area (Å²) in [6, 6.07) is 15.9. The molecule has 2 fully saturated rings. The number of hydrogen-bond donors (Lipinski definition) is 2. The van der Waals surface area contributed by atoms with Crippen molar-refractivity contribution in [2.24, 2.45) is 0 Å². The zero-order valence-corrected chi connectivity index (χ0v) is 26.8. The number of nitrogens with zero attached hydrogens (tertiary/aromatic N) is 3. The minimum Gasteiger partial charge on any atom is -0.352 e. The Hall–Kier alpha value is -2.74. The third-order valence-electron chi connectivity index (χ3n) is 8.35. The van der Waals surface area contributed by atoms with Gasteiger partial charge in [-0.25, -0.2) is 0 Å². The van der Waals surface area contributed by atoms with Gasteiger partial charge >= 0.3 is 0 Å². The van der Waals surface area contributed by atoms with Gasteiger partial charge in [0, 0.05) is 50.4 Å². The first-order valence-corrected chi connectivity index (χ1v) is 16.1. The van der Waals surface area contributed by atoms with Crippen LogP contribution in [0.15, 0.2) is 48.5 Å². The third-order valence-corrected chi connectivity index (χ3v) is 8.35. The smallest absolute Gasteiger partial charge is 0.251 e. The predicted octanol–water partition coefficient (Wildman–Crippen LogP) is 5.20. The number of likely N-dealkylation sites (tertiary alicyclic amines) is 1. The van der Waals surface area contributed by atoms with Crippen LogP contribution in [0.4, 0.5) is 0 Å². The van der Waals surface area contributed by atoms with E-state index in [9.17, 15) is 9.59 Å². The van der Waals surface area contributed by atoms with Crippen molar-refractivity contribution in [3.63, 3.8) is 0 Å². The van der Waals surface area contributed by atoms with Crippen LogP contribution in [-0.4, -0.2) is 99.0 Å². The van der Waals surface area contributed by atoms with E-state index in [0.717, 1.165) is 76.3 Å². The number of benzene rings is 2. The molecule has 0 atom stereocenters. The monoisotopic (exact) mass is 577 g/mol. The second-order valence-electron chi connectivity index (χ2n) is 12.5. The van der Waals surface area contributed by atoms with Crippen LogP contribution >= 0.6 is 0 Å². The number of likely N-dealkylation sites (N-methyl/N-ethyl adjacent to an activating group) is 1. The van der Waals surface area contributed by atoms with E-state index in [1.54, 1.807) is 0 Å². The van der Waals surface area contributed by atoms with E-state index in [0.29, 0.717) is 11.8 Å². The molecule has 0 spiro atoms. The number of rotatable bonds is 12. The van der Waals surface area contributed by atoms with Gasteiger partial charge in [-0.3, -0.25) is 9.59 Å². The number of carbonyl (C=O) groups excluding carboxylic acids is 2. The maximum Gasteiger partial charge on any atom is 0.251 e. The van der Waals surface area contributed by atoms with Crippen LogP contribution < -0.4 is 10.6 Å². The first kappa shape index (κ1) is 33.8. The molecule has 2 aromatic rings. The molecule has 0 radical (unpaired) electrons. The van der Waals surface area contributed by atoms with Gasteiger partial charge in [-0.1, -0.05) is 52.0 Å². The first-order chi connectivity index (χ1) is 20.2. The van der Waals surface area contributed by atoms with E-state index in [2.05, 4.69) is 60.1 Å². The zero-order chi connectivity index (χ0) is 30.3. The molecule has 2 aromatic carbocycles. The molecule has 2 aliphatic rings. The Bertz CT molecular complexity index is 1050. The lowest BCUT2D eigenvalue weighted by molar-refractivity contribution is 0.0942. The van der Waals surface area contributed by atoms with Crippen LogP contribution in [0.25, 0.3) is 0 Å². The molecule has 2 amide bonds. The highest BCUT2D eigenvalue weighted by Crippen LogP contribution is 2.15. The number of piperazine rings is 1. The highest BCUT2D eigenvalue weighted by molar-refractivity contribution is 5.94. The topological polar surface area (TPSA) is 67.9 Å². The summed E-state index contributed by atoms with van der Waals surface area (Å²) in [5.74, 6) is 1.09. The normalized spacial score (nSPS) is 16.4. The van der Waals surface area contributed by atoms with Crippen LogP contribution in [-0.2, 0) is 0 Å². The molecule has 2 aliphatic heterocycles. The van der Waals surface area contributed by atoms with Crippen molar-refractivity contribution in [2.45, 2.75) is 65.2 Å². The van der Waals surface area contributed by atoms with Crippen molar-refractivity contribution in [1.29, 1.82) is 0 Å². The van der Waals surface area contributed by atoms with Gasteiger partial charge in [-0.15, -0.1) is 0 Å². The first-order valence-electron chi connectivity index (χ1n) is 16.1. The molecular formula is C35H55N5O2. The van der Waals surface area contributed by atoms with Crippen LogP contribution in [0.2, 0.25) is 0 Å². The maximum atomic E-state index is 12.1. The average molecular weight is 578 g/mol. The summed E-state index contributed by atoms with van der Waals surface area (Å²) < 4.78 is 0. The standard InChI is InChI=1S/C18H29N3O.C17H26N2O/c1-15(2)16-5-7-17(8-6-16)18(22)19-9-4-10-21-13-11-20(3)12-14-21;1-14(2)15-6-8-16(9-7-15)17(20)18-10-5-13-19-11-3-4-12-19/h5-8,15H,4,9-14H2,1-3H3,(H,19,22);6-9,14H,3-5,10-13H2,1-2H3,(H,18,20). The van der Waals surface area contributed by atoms with Crippen molar-refractivity contribution in [1.82, 2.24) is 25.3 Å². The van der Waals surface area contributed by atoms with Gasteiger partial charge in [0.25, 0.3) is 11.8 Å². The van der Waals surface area contributed by atoms with Crippen LogP contribution in [0, 0.1) is 0 Å². The van der Waals surface area contributed by atoms with Crippen LogP contribution in [0.1, 0.15) is 97.1 Å². The molecule has 0 bridgehead atoms. The highest BCUT2D eigenvalue weighted by Gasteiger charge is 2.14. The lowest BCUT2D eigenvalue weighted by Gasteiger charge is -2.32. The van der Waals surface area contributed by atoms with Crippen molar-refractivity contribution < 1.29 is 9.59 Å². The Kier molecular flexibility index (Phi) is 14.5. The number of carbonyl (C=O) groups is 2. The summed E-state index contributed by atoms with van der Waals surface area (Å²) in [4.78, 5) is 31.4. The summed E-state index contributed by atoms with van der Waals surface area (Å²) in [6.45, 7) is 19.4. The molecule has 232 valence electrons. The number of hydrogen-bond acceptors (Lipinski definition) is 5. The van der Waals surface area contributed by atoms with Gasteiger partial charge in [0.15, 0.2) is 0 Å². The predicted molar refractivity (Wildman–Crippen MR) is 175 cm³/mol. The molecule has 2 N–H and O–H groups in total. The summed E-state index contributed by atoms with van der Waals surface area (Å²) in [5.41, 5.74) is 4.06. The minimum atomic E-state index is 0.0358. The Morgan fingerprint density at radius 2 is 1.00 bits per heavy atom. The number of amides is 2. The summed E-state index contributed by atoms with van der Waals surface area (Å²) in [6.07, 6.45) is 4.71. The molecule has 42 heavy (non-hydrogen) atoms. The molecule has 0 unspecified atom stereocenters. The molecule has 0 aromatic heterocycles. The van der Waals surface area contributed by atoms with Gasteiger partial charge in [-0.05, 0) is 106 Å². The van der Waals surface area contributed by atoms with Crippen LogP contribution in [0.5, 0.6) is 0 Å². The molecule has 7 heteroatoms. The van der Waals surface area contributed by atoms with Crippen molar-refractivity contribution in [3.8, 4) is 0 Å². The second kappa shape index (κ2) is 18.0. The van der Waals surface area contributed by atoms with Gasteiger partial charge in [0.2, 0.25) is 0 Å². The van der Waals surface area contributed by atoms with Gasteiger partial charge in [-0.2, -0.15) is 0 Å². The zero-order valence-electron chi connectivity index (χ0n) is 26.8. The Morgan fingerprint density at radius 1 is 0.619 bits per heavy atom. The fourth-order valence-electron chi connectivity index (χ4n) is 5.33. The van der Waals surface area contributed by atoms with E-state index in [1.807, 2.05) is 48.5 Å². The molecular weight excluding hydrogens is 522 g/mol. The SMILES string of the molecule is CC(C)c1ccc(C(=O)NCCCN2CCCC2)cc1.CC(C)c1ccc(C(=O)NCCCN2CCN(C)CC2)cc1. The molecule has 7 nitrogen and oxygen atoms in total. The lowest BCUT2D eigenvalue weighted by Crippen LogP contribution is -2.45. The highest BCUT2D eigenvalue weighted by atomic mass is 16.2. The Morgan fingerprint density at radius 3 is 1.38 bits per heavy atom. The summed E-state index contributed by atoms with van der Waals surface area (Å²) in [7, 11) is 2.17. The van der Waals surface area contributed by atoms with E-state index in [4.69, 9.17) is 0 Å². The van der Waals surface area contributed by atoms with Gasteiger partial charge < -0.3 is 25.3 Å². The van der Waals surface area contributed by atoms with Crippen molar-refractivity contribution in [3.05, 3.63) is 70.8 Å². The average Bonchev–Trinajstić information content (AvgIpc) is 3.52. The minimum absolute atomic E-state index is 0.0358. The third kappa shape index (κ3) is 11.9. The molecule has 0 saturated carbocycles. The lowest BCUT2D eigenvalue weighted by atomic mass is 10.0. The van der Waals surface area contributed by atoms with E-state index in [-0.39, 0.29) is 11.8 Å². The van der Waals surface area contributed by atoms with Crippen molar-refractivity contribution in [2.75, 3.05) is 72.5 Å². The van der Waals surface area contributed by atoms with E-state index in [1.165, 1.54) is 37.1 Å². The quantitative estimate of drug-likeness (QED) is 0.340. The fourth-order valence-corrected chi connectivity index (χ4v) is 5.33. The van der Waals surface area contributed by atoms with Gasteiger partial charge in [0.1, 0.15) is 0 Å². The Balaban J connectivity index is 0.000000231. The fraction of sp³-hybridized carbons (Fsp3) is 0.600. The Labute approximate surface area is 255 Å².